The van der Waals surface area contributed by atoms with Gasteiger partial charge in [0.2, 0.25) is 0 Å². The first-order chi connectivity index (χ1) is 15.0. The lowest BCUT2D eigenvalue weighted by Crippen LogP contribution is -3.09. The molecule has 2 aromatic carbocycles. The number of carbonyl (C=O) groups is 1. The summed E-state index contributed by atoms with van der Waals surface area (Å²) in [4.78, 5) is 17.4. The molecule has 0 heterocycles. The van der Waals surface area contributed by atoms with Crippen LogP contribution in [-0.2, 0) is 11.3 Å². The lowest BCUT2D eigenvalue weighted by atomic mass is 10.2. The molecule has 2 aromatic rings. The lowest BCUT2D eigenvalue weighted by Gasteiger charge is -2.24. The number of methoxy groups -OCH3 is 1. The number of aliphatic imine (C=N–C) groups is 1. The molecule has 0 spiro atoms. The van der Waals surface area contributed by atoms with Gasteiger partial charge in [-0.2, -0.15) is 0 Å². The first kappa shape index (κ1) is 24.4. The Kier molecular flexibility index (Phi) is 10.5. The quantitative estimate of drug-likeness (QED) is 0.237. The van der Waals surface area contributed by atoms with Crippen molar-refractivity contribution in [2.45, 2.75) is 32.4 Å². The number of rotatable bonds is 12. The van der Waals surface area contributed by atoms with Gasteiger partial charge in [-0.3, -0.25) is 4.99 Å². The summed E-state index contributed by atoms with van der Waals surface area (Å²) in [6.45, 7) is 5.30. The van der Waals surface area contributed by atoms with Gasteiger partial charge in [0.1, 0.15) is 6.54 Å². The van der Waals surface area contributed by atoms with E-state index in [0.29, 0.717) is 24.8 Å². The number of quaternary nitrogens is 1. The Labute approximate surface area is 185 Å². The van der Waals surface area contributed by atoms with E-state index in [-0.39, 0.29) is 11.6 Å². The molecular formula is C24H35N4O3+. The van der Waals surface area contributed by atoms with E-state index in [1.54, 1.807) is 25.3 Å². The van der Waals surface area contributed by atoms with Gasteiger partial charge in [-0.1, -0.05) is 43.3 Å². The Morgan fingerprint density at radius 1 is 1.19 bits per heavy atom. The van der Waals surface area contributed by atoms with Crippen LogP contribution in [-0.4, -0.2) is 56.9 Å². The normalized spacial score (nSPS) is 13.5. The number of nitrogens with one attached hydrogen (secondary N) is 3. The number of hydrogen-bond donors (Lipinski definition) is 4. The van der Waals surface area contributed by atoms with Crippen LogP contribution < -0.4 is 15.5 Å². The molecule has 4 N–H and O–H groups in total. The second-order valence-electron chi connectivity index (χ2n) is 7.66. The molecule has 0 aliphatic carbocycles. The van der Waals surface area contributed by atoms with Gasteiger partial charge in [-0.05, 0) is 31.0 Å². The molecule has 7 heteroatoms. The van der Waals surface area contributed by atoms with E-state index in [1.807, 2.05) is 12.1 Å². The maximum absolute atomic E-state index is 11.3. The molecule has 0 aliphatic rings. The Morgan fingerprint density at radius 3 is 2.65 bits per heavy atom. The number of likely N-dealkylation sites (N-methyl/N-ethyl adjacent to an activating group) is 1. The van der Waals surface area contributed by atoms with Gasteiger partial charge in [0.05, 0.1) is 25.2 Å². The van der Waals surface area contributed by atoms with E-state index >= 15 is 0 Å². The highest BCUT2D eigenvalue weighted by molar-refractivity contribution is 5.95. The van der Waals surface area contributed by atoms with Crippen LogP contribution in [0.1, 0.15) is 35.7 Å². The van der Waals surface area contributed by atoms with Crippen LogP contribution >= 0.6 is 0 Å². The molecule has 7 nitrogen and oxygen atoms in total. The molecule has 0 amide bonds. The summed E-state index contributed by atoms with van der Waals surface area (Å²) in [6.07, 6.45) is 1.76. The van der Waals surface area contributed by atoms with Crippen LogP contribution in [0.15, 0.2) is 59.6 Å². The number of guanidine groups is 1. The SMILES string of the molecule is CC[C@H](C[NH+](C)Cc1ccccc1)NC(=NCCCOC)Nc1cccc(C(=O)O)c1. The summed E-state index contributed by atoms with van der Waals surface area (Å²) in [5.74, 6) is -0.300. The number of benzene rings is 2. The largest absolute Gasteiger partial charge is 0.478 e. The minimum atomic E-state index is -0.951. The number of carboxylic acid groups (broad SMARTS) is 1. The zero-order valence-corrected chi connectivity index (χ0v) is 18.7. The second kappa shape index (κ2) is 13.4. The lowest BCUT2D eigenvalue weighted by molar-refractivity contribution is -0.894. The summed E-state index contributed by atoms with van der Waals surface area (Å²) in [7, 11) is 3.87. The molecule has 168 valence electrons. The fraction of sp³-hybridized carbons (Fsp3) is 0.417. The van der Waals surface area contributed by atoms with Gasteiger partial charge in [-0.15, -0.1) is 0 Å². The Hall–Kier alpha value is -2.90. The number of nitrogens with zero attached hydrogens (tertiary/aromatic N) is 1. The first-order valence-electron chi connectivity index (χ1n) is 10.8. The predicted molar refractivity (Wildman–Crippen MR) is 125 cm³/mol. The van der Waals surface area contributed by atoms with Crippen molar-refractivity contribution in [1.29, 1.82) is 0 Å². The van der Waals surface area contributed by atoms with E-state index in [2.05, 4.69) is 53.9 Å². The molecular weight excluding hydrogens is 392 g/mol. The minimum Gasteiger partial charge on any atom is -0.478 e. The molecule has 2 rings (SSSR count). The average Bonchev–Trinajstić information content (AvgIpc) is 2.77. The van der Waals surface area contributed by atoms with Crippen molar-refractivity contribution in [2.24, 2.45) is 4.99 Å². The summed E-state index contributed by atoms with van der Waals surface area (Å²) < 4.78 is 5.12. The highest BCUT2D eigenvalue weighted by atomic mass is 16.5. The van der Waals surface area contributed by atoms with Crippen molar-refractivity contribution in [3.63, 3.8) is 0 Å². The van der Waals surface area contributed by atoms with Crippen LogP contribution in [0.5, 0.6) is 0 Å². The third-order valence-electron chi connectivity index (χ3n) is 4.93. The molecule has 0 saturated carbocycles. The van der Waals surface area contributed by atoms with Gasteiger partial charge >= 0.3 is 5.97 Å². The summed E-state index contributed by atoms with van der Waals surface area (Å²) in [5.41, 5.74) is 2.24. The Bertz CT molecular complexity index is 827. The fourth-order valence-electron chi connectivity index (χ4n) is 3.32. The van der Waals surface area contributed by atoms with Crippen LogP contribution in [0.25, 0.3) is 0 Å². The second-order valence-corrected chi connectivity index (χ2v) is 7.66. The van der Waals surface area contributed by atoms with Crippen LogP contribution in [0.3, 0.4) is 0 Å². The number of aromatic carboxylic acids is 1. The van der Waals surface area contributed by atoms with E-state index in [4.69, 9.17) is 4.74 Å². The van der Waals surface area contributed by atoms with Gasteiger partial charge < -0.3 is 25.4 Å². The van der Waals surface area contributed by atoms with Crippen LogP contribution in [0, 0.1) is 0 Å². The zero-order chi connectivity index (χ0) is 22.5. The van der Waals surface area contributed by atoms with E-state index in [9.17, 15) is 9.90 Å². The third-order valence-corrected chi connectivity index (χ3v) is 4.93. The minimum absolute atomic E-state index is 0.222. The smallest absolute Gasteiger partial charge is 0.335 e. The molecule has 0 fully saturated rings. The van der Waals surface area contributed by atoms with E-state index in [1.165, 1.54) is 10.5 Å². The molecule has 0 radical (unpaired) electrons. The van der Waals surface area contributed by atoms with Crippen molar-refractivity contribution in [1.82, 2.24) is 5.32 Å². The predicted octanol–water partition coefficient (Wildman–Crippen LogP) is 2.27. The van der Waals surface area contributed by atoms with Gasteiger partial charge in [-0.25, -0.2) is 4.79 Å². The highest BCUT2D eigenvalue weighted by Gasteiger charge is 2.15. The molecule has 31 heavy (non-hydrogen) atoms. The zero-order valence-electron chi connectivity index (χ0n) is 18.7. The molecule has 0 aliphatic heterocycles. The monoisotopic (exact) mass is 427 g/mol. The van der Waals surface area contributed by atoms with Gasteiger partial charge in [0.15, 0.2) is 5.96 Å². The molecule has 0 bridgehead atoms. The maximum atomic E-state index is 11.3. The molecule has 0 saturated heterocycles. The number of hydrogen-bond acceptors (Lipinski definition) is 3. The summed E-state index contributed by atoms with van der Waals surface area (Å²) in [5, 5.41) is 16.0. The average molecular weight is 428 g/mol. The Balaban J connectivity index is 2.05. The van der Waals surface area contributed by atoms with Gasteiger partial charge in [0.25, 0.3) is 0 Å². The standard InChI is InChI=1S/C24H34N4O3/c1-4-21(18-28(2)17-19-10-6-5-7-11-19)26-24(25-14-9-15-31-3)27-22-13-8-12-20(16-22)23(29)30/h5-8,10-13,16,21H,4,9,14-15,17-18H2,1-3H3,(H,29,30)(H2,25,26,27)/p+1/t21-/m1/s1. The summed E-state index contributed by atoms with van der Waals surface area (Å²) in [6, 6.07) is 17.4. The van der Waals surface area contributed by atoms with Crippen molar-refractivity contribution in [3.05, 3.63) is 65.7 Å². The van der Waals surface area contributed by atoms with Crippen molar-refractivity contribution in [2.75, 3.05) is 39.2 Å². The van der Waals surface area contributed by atoms with Crippen molar-refractivity contribution >= 4 is 17.6 Å². The molecule has 0 aromatic heterocycles. The number of anilines is 1. The van der Waals surface area contributed by atoms with Crippen LogP contribution in [0.4, 0.5) is 5.69 Å². The maximum Gasteiger partial charge on any atom is 0.335 e. The van der Waals surface area contributed by atoms with E-state index < -0.39 is 5.97 Å². The Morgan fingerprint density at radius 2 is 1.97 bits per heavy atom. The number of ether oxygens (including phenoxy) is 1. The van der Waals surface area contributed by atoms with Crippen molar-refractivity contribution in [3.8, 4) is 0 Å². The first-order valence-corrected chi connectivity index (χ1v) is 10.8. The third kappa shape index (κ3) is 9.19. The van der Waals surface area contributed by atoms with Crippen LogP contribution in [0.2, 0.25) is 0 Å². The number of carboxylic acids is 1. The highest BCUT2D eigenvalue weighted by Crippen LogP contribution is 2.11. The summed E-state index contributed by atoms with van der Waals surface area (Å²) >= 11 is 0. The topological polar surface area (TPSA) is 87.4 Å². The molecule has 2 atom stereocenters. The van der Waals surface area contributed by atoms with E-state index in [0.717, 1.165) is 25.9 Å². The fourth-order valence-corrected chi connectivity index (χ4v) is 3.32. The molecule has 1 unspecified atom stereocenters. The van der Waals surface area contributed by atoms with Crippen molar-refractivity contribution < 1.29 is 19.5 Å². The van der Waals surface area contributed by atoms with Gasteiger partial charge in [0, 0.05) is 31.5 Å².